The van der Waals surface area contributed by atoms with E-state index in [1.54, 1.807) is 26.5 Å². The van der Waals surface area contributed by atoms with Crippen LogP contribution in [0, 0.1) is 6.92 Å². The lowest BCUT2D eigenvalue weighted by Gasteiger charge is -2.13. The molecular weight excluding hydrogens is 484 g/mol. The molecule has 0 fully saturated rings. The van der Waals surface area contributed by atoms with Crippen LogP contribution in [-0.2, 0) is 11.3 Å². The van der Waals surface area contributed by atoms with Crippen LogP contribution < -0.4 is 14.8 Å². The summed E-state index contributed by atoms with van der Waals surface area (Å²) in [7, 11) is 3.28. The number of anilines is 1. The van der Waals surface area contributed by atoms with E-state index in [9.17, 15) is 0 Å². The maximum absolute atomic E-state index is 8.36. The van der Waals surface area contributed by atoms with Gasteiger partial charge < -0.3 is 24.3 Å². The Morgan fingerprint density at radius 2 is 1.92 bits per heavy atom. The Kier molecular flexibility index (Phi) is 7.50. The van der Waals surface area contributed by atoms with E-state index in [1.807, 2.05) is 49.4 Å². The zero-order valence-electron chi connectivity index (χ0n) is 19.8. The van der Waals surface area contributed by atoms with Crippen molar-refractivity contribution in [1.29, 1.82) is 0 Å². The van der Waals surface area contributed by atoms with Gasteiger partial charge in [-0.25, -0.2) is 4.98 Å². The first-order valence-electron chi connectivity index (χ1n) is 10.8. The number of fused-ring (bicyclic) bond motifs is 2. The standard InChI is InChI=1S/C25H21ClN4O3.CH2O2/c1-14-29-25-20(9-17(26)10-24(25)33-14)15-5-7-19-21(8-15)30-28-13-22(19)27-12-16-4-6-18(31-2)11-23(16)32-3;2-1-3/h4-11,13H,12H2,1-3H3,(H,27,30);1H,(H,2,3). The molecule has 0 atom stereocenters. The van der Waals surface area contributed by atoms with Crippen molar-refractivity contribution in [2.24, 2.45) is 0 Å². The molecule has 0 aliphatic rings. The summed E-state index contributed by atoms with van der Waals surface area (Å²) in [6.07, 6.45) is 1.72. The third kappa shape index (κ3) is 5.16. The minimum Gasteiger partial charge on any atom is -0.497 e. The van der Waals surface area contributed by atoms with E-state index < -0.39 is 0 Å². The second-order valence-corrected chi connectivity index (χ2v) is 8.10. The predicted octanol–water partition coefficient (Wildman–Crippen LogP) is 5.73. The Balaban J connectivity index is 0.000000967. The van der Waals surface area contributed by atoms with Crippen molar-refractivity contribution >= 4 is 45.8 Å². The molecule has 3 aromatic carbocycles. The van der Waals surface area contributed by atoms with E-state index in [2.05, 4.69) is 20.5 Å². The van der Waals surface area contributed by atoms with Gasteiger partial charge in [0.05, 0.1) is 31.6 Å². The molecule has 0 unspecified atom stereocenters. The quantitative estimate of drug-likeness (QED) is 0.278. The molecule has 10 heteroatoms. The summed E-state index contributed by atoms with van der Waals surface area (Å²) >= 11 is 6.33. The van der Waals surface area contributed by atoms with E-state index in [0.717, 1.165) is 50.3 Å². The summed E-state index contributed by atoms with van der Waals surface area (Å²) < 4.78 is 16.5. The fraction of sp³-hybridized carbons (Fsp3) is 0.154. The molecule has 2 heterocycles. The molecule has 2 N–H and O–H groups in total. The summed E-state index contributed by atoms with van der Waals surface area (Å²) in [5, 5.41) is 20.4. The average Bonchev–Trinajstić information content (AvgIpc) is 3.26. The third-order valence-electron chi connectivity index (χ3n) is 5.48. The molecule has 36 heavy (non-hydrogen) atoms. The lowest BCUT2D eigenvalue weighted by molar-refractivity contribution is -0.122. The zero-order chi connectivity index (χ0) is 25.7. The van der Waals surface area contributed by atoms with Gasteiger partial charge >= 0.3 is 0 Å². The molecule has 0 radical (unpaired) electrons. The Morgan fingerprint density at radius 3 is 2.67 bits per heavy atom. The molecule has 9 nitrogen and oxygen atoms in total. The number of methoxy groups -OCH3 is 2. The third-order valence-corrected chi connectivity index (χ3v) is 5.70. The van der Waals surface area contributed by atoms with E-state index >= 15 is 0 Å². The first-order valence-corrected chi connectivity index (χ1v) is 11.2. The number of rotatable bonds is 6. The summed E-state index contributed by atoms with van der Waals surface area (Å²) in [6, 6.07) is 15.4. The number of nitrogens with one attached hydrogen (secondary N) is 1. The van der Waals surface area contributed by atoms with Gasteiger partial charge in [-0.3, -0.25) is 4.79 Å². The van der Waals surface area contributed by atoms with Gasteiger partial charge in [0.15, 0.2) is 11.5 Å². The van der Waals surface area contributed by atoms with Crippen molar-refractivity contribution in [3.63, 3.8) is 0 Å². The molecule has 0 aliphatic heterocycles. The Labute approximate surface area is 211 Å². The van der Waals surface area contributed by atoms with Gasteiger partial charge in [-0.2, -0.15) is 10.2 Å². The lowest BCUT2D eigenvalue weighted by Crippen LogP contribution is -2.03. The van der Waals surface area contributed by atoms with Crippen LogP contribution in [0.1, 0.15) is 11.5 Å². The first kappa shape index (κ1) is 24.7. The molecule has 2 aromatic heterocycles. The van der Waals surface area contributed by atoms with E-state index in [4.69, 9.17) is 35.4 Å². The van der Waals surface area contributed by atoms with E-state index in [-0.39, 0.29) is 6.47 Å². The molecule has 5 rings (SSSR count). The van der Waals surface area contributed by atoms with Crippen LogP contribution in [0.15, 0.2) is 59.1 Å². The number of carbonyl (C=O) groups is 1. The highest BCUT2D eigenvalue weighted by molar-refractivity contribution is 6.31. The van der Waals surface area contributed by atoms with Gasteiger partial charge in [-0.1, -0.05) is 17.7 Å². The SMILES string of the molecule is COc1ccc(CNc2cnnc3cc(-c4cc(Cl)cc5oc(C)nc45)ccc23)c(OC)c1.O=CO. The molecule has 5 aromatic rings. The average molecular weight is 507 g/mol. The minimum atomic E-state index is -0.250. The number of ether oxygens (including phenoxy) is 2. The highest BCUT2D eigenvalue weighted by Crippen LogP contribution is 2.34. The second kappa shape index (κ2) is 10.9. The molecule has 0 saturated heterocycles. The summed E-state index contributed by atoms with van der Waals surface area (Å²) in [4.78, 5) is 12.9. The van der Waals surface area contributed by atoms with Crippen molar-refractivity contribution in [3.05, 3.63) is 71.2 Å². The fourth-order valence-electron chi connectivity index (χ4n) is 3.88. The summed E-state index contributed by atoms with van der Waals surface area (Å²) in [5.41, 5.74) is 5.88. The molecule has 0 amide bonds. The minimum absolute atomic E-state index is 0.250. The van der Waals surface area contributed by atoms with Gasteiger partial charge in [0.1, 0.15) is 17.0 Å². The Morgan fingerprint density at radius 1 is 1.11 bits per heavy atom. The summed E-state index contributed by atoms with van der Waals surface area (Å²) in [5.74, 6) is 2.09. The molecule has 184 valence electrons. The van der Waals surface area contributed by atoms with Crippen LogP contribution in [0.25, 0.3) is 33.1 Å². The van der Waals surface area contributed by atoms with Crippen molar-refractivity contribution in [3.8, 4) is 22.6 Å². The van der Waals surface area contributed by atoms with Crippen LogP contribution in [0.2, 0.25) is 5.02 Å². The Bertz CT molecular complexity index is 1540. The number of halogens is 1. The van der Waals surface area contributed by atoms with Crippen molar-refractivity contribution in [2.45, 2.75) is 13.5 Å². The predicted molar refractivity (Wildman–Crippen MR) is 138 cm³/mol. The van der Waals surface area contributed by atoms with Gasteiger partial charge in [0.25, 0.3) is 6.47 Å². The number of benzene rings is 3. The van der Waals surface area contributed by atoms with Gasteiger partial charge in [0.2, 0.25) is 0 Å². The topological polar surface area (TPSA) is 120 Å². The highest BCUT2D eigenvalue weighted by Gasteiger charge is 2.14. The van der Waals surface area contributed by atoms with Crippen molar-refractivity contribution in [1.82, 2.24) is 15.2 Å². The lowest BCUT2D eigenvalue weighted by atomic mass is 10.0. The molecule has 0 bridgehead atoms. The highest BCUT2D eigenvalue weighted by atomic mass is 35.5. The number of nitrogens with zero attached hydrogens (tertiary/aromatic N) is 3. The van der Waals surface area contributed by atoms with Gasteiger partial charge in [0, 0.05) is 47.1 Å². The molecule has 0 saturated carbocycles. The second-order valence-electron chi connectivity index (χ2n) is 7.66. The van der Waals surface area contributed by atoms with Gasteiger partial charge in [-0.15, -0.1) is 0 Å². The smallest absolute Gasteiger partial charge is 0.290 e. The van der Waals surface area contributed by atoms with Crippen LogP contribution >= 0.6 is 11.6 Å². The number of hydrogen-bond acceptors (Lipinski definition) is 8. The number of oxazole rings is 1. The van der Waals surface area contributed by atoms with Crippen LogP contribution in [0.3, 0.4) is 0 Å². The monoisotopic (exact) mass is 506 g/mol. The number of carboxylic acid groups (broad SMARTS) is 1. The van der Waals surface area contributed by atoms with Crippen molar-refractivity contribution < 1.29 is 23.8 Å². The summed E-state index contributed by atoms with van der Waals surface area (Å²) in [6.45, 7) is 2.13. The zero-order valence-corrected chi connectivity index (χ0v) is 20.5. The number of hydrogen-bond donors (Lipinski definition) is 2. The first-order chi connectivity index (χ1) is 17.5. The van der Waals surface area contributed by atoms with Crippen molar-refractivity contribution in [2.75, 3.05) is 19.5 Å². The van der Waals surface area contributed by atoms with Crippen LogP contribution in [0.4, 0.5) is 5.69 Å². The number of aromatic nitrogens is 3. The maximum atomic E-state index is 8.36. The van der Waals surface area contributed by atoms with Gasteiger partial charge in [-0.05, 0) is 35.9 Å². The number of aryl methyl sites for hydroxylation is 1. The molecule has 0 aliphatic carbocycles. The normalized spacial score (nSPS) is 10.6. The van der Waals surface area contributed by atoms with E-state index in [1.165, 1.54) is 0 Å². The molecular formula is C26H23ClN4O5. The fourth-order valence-corrected chi connectivity index (χ4v) is 4.09. The van der Waals surface area contributed by atoms with Crippen LogP contribution in [0.5, 0.6) is 11.5 Å². The van der Waals surface area contributed by atoms with Crippen LogP contribution in [-0.4, -0.2) is 41.0 Å². The largest absolute Gasteiger partial charge is 0.497 e. The van der Waals surface area contributed by atoms with E-state index in [0.29, 0.717) is 23.0 Å². The maximum Gasteiger partial charge on any atom is 0.290 e. The molecule has 0 spiro atoms. The Hall–Kier alpha value is -4.37.